The maximum absolute atomic E-state index is 11.0. The molecular weight excluding hydrogens is 310 g/mol. The molecule has 0 bridgehead atoms. The molecule has 0 aromatic heterocycles. The fraction of sp³-hybridized carbons (Fsp3) is 0.357. The first-order chi connectivity index (χ1) is 10.8. The van der Waals surface area contributed by atoms with Gasteiger partial charge in [0.1, 0.15) is 5.75 Å². The SMILES string of the molecule is NC(=O)c1cccc2c1OCCC2.O=C(O)C(O)C(O)C(=O)O. The lowest BCUT2D eigenvalue weighted by Gasteiger charge is -2.18. The molecule has 1 heterocycles. The van der Waals surface area contributed by atoms with Crippen molar-refractivity contribution in [3.63, 3.8) is 0 Å². The molecule has 6 N–H and O–H groups in total. The van der Waals surface area contributed by atoms with Gasteiger partial charge in [0.2, 0.25) is 0 Å². The first-order valence-electron chi connectivity index (χ1n) is 6.62. The van der Waals surface area contributed by atoms with E-state index in [1.165, 1.54) is 0 Å². The van der Waals surface area contributed by atoms with E-state index in [-0.39, 0.29) is 0 Å². The molecule has 126 valence electrons. The number of fused-ring (bicyclic) bond motifs is 1. The predicted octanol–water partition coefficient (Wildman–Crippen LogP) is -1.01. The van der Waals surface area contributed by atoms with Gasteiger partial charge < -0.3 is 30.9 Å². The minimum absolute atomic E-state index is 0.418. The van der Waals surface area contributed by atoms with Gasteiger partial charge in [0.15, 0.2) is 12.2 Å². The van der Waals surface area contributed by atoms with Crippen molar-refractivity contribution < 1.29 is 39.5 Å². The molecular formula is C14H17NO8. The van der Waals surface area contributed by atoms with E-state index < -0.39 is 30.1 Å². The van der Waals surface area contributed by atoms with Gasteiger partial charge in [-0.1, -0.05) is 12.1 Å². The minimum atomic E-state index is -2.27. The third-order valence-corrected chi connectivity index (χ3v) is 3.00. The lowest BCUT2D eigenvalue weighted by Crippen LogP contribution is -2.39. The number of hydrogen-bond acceptors (Lipinski definition) is 6. The molecule has 0 saturated heterocycles. The van der Waals surface area contributed by atoms with E-state index in [2.05, 4.69) is 0 Å². The van der Waals surface area contributed by atoms with E-state index >= 15 is 0 Å². The Kier molecular flexibility index (Phi) is 6.49. The molecule has 9 heteroatoms. The maximum Gasteiger partial charge on any atom is 0.335 e. The van der Waals surface area contributed by atoms with Gasteiger partial charge in [-0.3, -0.25) is 4.79 Å². The Morgan fingerprint density at radius 2 is 1.65 bits per heavy atom. The van der Waals surface area contributed by atoms with Crippen LogP contribution < -0.4 is 10.5 Å². The highest BCUT2D eigenvalue weighted by molar-refractivity contribution is 5.96. The Balaban J connectivity index is 0.000000241. The number of aryl methyl sites for hydroxylation is 1. The van der Waals surface area contributed by atoms with Gasteiger partial charge >= 0.3 is 11.9 Å². The fourth-order valence-electron chi connectivity index (χ4n) is 1.85. The van der Waals surface area contributed by atoms with Crippen molar-refractivity contribution in [1.82, 2.24) is 0 Å². The molecule has 0 fully saturated rings. The van der Waals surface area contributed by atoms with E-state index in [4.69, 9.17) is 30.9 Å². The van der Waals surface area contributed by atoms with Crippen LogP contribution in [-0.4, -0.2) is 57.1 Å². The van der Waals surface area contributed by atoms with E-state index in [0.717, 1.165) is 18.4 Å². The zero-order valence-corrected chi connectivity index (χ0v) is 12.0. The van der Waals surface area contributed by atoms with E-state index in [1.54, 1.807) is 6.07 Å². The van der Waals surface area contributed by atoms with Crippen LogP contribution in [0.25, 0.3) is 0 Å². The molecule has 1 aliphatic heterocycles. The van der Waals surface area contributed by atoms with Gasteiger partial charge in [-0.05, 0) is 24.5 Å². The molecule has 9 nitrogen and oxygen atoms in total. The highest BCUT2D eigenvalue weighted by Crippen LogP contribution is 2.28. The standard InChI is InChI=1S/C10H11NO2.C4H6O6/c11-10(12)8-5-1-3-7-4-2-6-13-9(7)8;5-1(3(7)8)2(6)4(9)10/h1,3,5H,2,4,6H2,(H2,11,12);1-2,5-6H,(H,7,8)(H,9,10). The molecule has 23 heavy (non-hydrogen) atoms. The second kappa shape index (κ2) is 8.11. The molecule has 0 aliphatic carbocycles. The van der Waals surface area contributed by atoms with Gasteiger partial charge in [-0.2, -0.15) is 0 Å². The van der Waals surface area contributed by atoms with Crippen LogP contribution >= 0.6 is 0 Å². The third kappa shape index (κ3) is 4.94. The Morgan fingerprint density at radius 3 is 2.13 bits per heavy atom. The molecule has 2 rings (SSSR count). The number of aliphatic hydroxyl groups is 2. The molecule has 0 radical (unpaired) electrons. The summed E-state index contributed by atoms with van der Waals surface area (Å²) in [5.74, 6) is -3.27. The number of benzene rings is 1. The van der Waals surface area contributed by atoms with Crippen molar-refractivity contribution in [2.75, 3.05) is 6.61 Å². The molecule has 0 spiro atoms. The average molecular weight is 327 g/mol. The molecule has 2 atom stereocenters. The monoisotopic (exact) mass is 327 g/mol. The van der Waals surface area contributed by atoms with Crippen LogP contribution in [0.3, 0.4) is 0 Å². The summed E-state index contributed by atoms with van der Waals surface area (Å²) >= 11 is 0. The number of aliphatic carboxylic acids is 2. The van der Waals surface area contributed by atoms with Crippen molar-refractivity contribution in [3.05, 3.63) is 29.3 Å². The lowest BCUT2D eigenvalue weighted by atomic mass is 10.0. The number of carbonyl (C=O) groups is 3. The lowest BCUT2D eigenvalue weighted by molar-refractivity contribution is -0.165. The van der Waals surface area contributed by atoms with Gasteiger partial charge in [-0.25, -0.2) is 9.59 Å². The van der Waals surface area contributed by atoms with Crippen LogP contribution in [0.4, 0.5) is 0 Å². The van der Waals surface area contributed by atoms with Crippen molar-refractivity contribution in [3.8, 4) is 5.75 Å². The largest absolute Gasteiger partial charge is 0.492 e. The molecule has 1 aromatic rings. The van der Waals surface area contributed by atoms with Gasteiger partial charge in [0, 0.05) is 0 Å². The Labute approximate surface area is 130 Å². The van der Waals surface area contributed by atoms with E-state index in [0.29, 0.717) is 17.9 Å². The van der Waals surface area contributed by atoms with E-state index in [9.17, 15) is 14.4 Å². The summed E-state index contributed by atoms with van der Waals surface area (Å²) in [5, 5.41) is 32.5. The molecule has 0 saturated carbocycles. The minimum Gasteiger partial charge on any atom is -0.492 e. The van der Waals surface area contributed by atoms with Gasteiger partial charge in [0.05, 0.1) is 12.2 Å². The summed E-state index contributed by atoms with van der Waals surface area (Å²) in [7, 11) is 0. The predicted molar refractivity (Wildman–Crippen MR) is 76.1 cm³/mol. The Morgan fingerprint density at radius 1 is 1.09 bits per heavy atom. The summed E-state index contributed by atoms with van der Waals surface area (Å²) in [6, 6.07) is 5.51. The number of carboxylic acids is 2. The zero-order chi connectivity index (χ0) is 17.6. The van der Waals surface area contributed by atoms with Gasteiger partial charge in [-0.15, -0.1) is 0 Å². The number of aliphatic hydroxyl groups excluding tert-OH is 2. The number of para-hydroxylation sites is 1. The summed E-state index contributed by atoms with van der Waals surface area (Å²) in [6.07, 6.45) is -2.55. The molecule has 1 amide bonds. The molecule has 1 aliphatic rings. The Hall–Kier alpha value is -2.65. The smallest absolute Gasteiger partial charge is 0.335 e. The number of nitrogens with two attached hydrogens (primary N) is 1. The summed E-state index contributed by atoms with van der Waals surface area (Å²) in [4.78, 5) is 30.6. The van der Waals surface area contributed by atoms with Crippen LogP contribution in [-0.2, 0) is 16.0 Å². The normalized spacial score (nSPS) is 15.0. The highest BCUT2D eigenvalue weighted by Gasteiger charge is 2.29. The molecule has 2 unspecified atom stereocenters. The van der Waals surface area contributed by atoms with Crippen LogP contribution in [0.5, 0.6) is 5.75 Å². The van der Waals surface area contributed by atoms with Gasteiger partial charge in [0.25, 0.3) is 5.91 Å². The number of carboxylic acid groups (broad SMARTS) is 2. The second-order valence-electron chi connectivity index (χ2n) is 4.68. The van der Waals surface area contributed by atoms with E-state index in [1.807, 2.05) is 12.1 Å². The maximum atomic E-state index is 11.0. The first kappa shape index (κ1) is 18.4. The summed E-state index contributed by atoms with van der Waals surface area (Å²) in [6.45, 7) is 0.678. The number of rotatable bonds is 4. The fourth-order valence-corrected chi connectivity index (χ4v) is 1.85. The summed E-state index contributed by atoms with van der Waals surface area (Å²) < 4.78 is 5.42. The van der Waals surface area contributed by atoms with Crippen molar-refractivity contribution in [2.45, 2.75) is 25.0 Å². The number of amides is 1. The van der Waals surface area contributed by atoms with Crippen LogP contribution in [0.15, 0.2) is 18.2 Å². The molecule has 1 aromatic carbocycles. The number of carbonyl (C=O) groups excluding carboxylic acids is 1. The number of ether oxygens (including phenoxy) is 1. The van der Waals surface area contributed by atoms with Crippen molar-refractivity contribution in [1.29, 1.82) is 0 Å². The number of hydrogen-bond donors (Lipinski definition) is 5. The third-order valence-electron chi connectivity index (χ3n) is 3.00. The topological polar surface area (TPSA) is 167 Å². The quantitative estimate of drug-likeness (QED) is 0.468. The highest BCUT2D eigenvalue weighted by atomic mass is 16.5. The second-order valence-corrected chi connectivity index (χ2v) is 4.68. The van der Waals surface area contributed by atoms with Crippen LogP contribution in [0.1, 0.15) is 22.3 Å². The van der Waals surface area contributed by atoms with Crippen LogP contribution in [0, 0.1) is 0 Å². The van der Waals surface area contributed by atoms with Crippen LogP contribution in [0.2, 0.25) is 0 Å². The number of primary amides is 1. The summed E-state index contributed by atoms with van der Waals surface area (Å²) in [5.41, 5.74) is 6.80. The Bertz CT molecular complexity index is 582. The first-order valence-corrected chi connectivity index (χ1v) is 6.62. The zero-order valence-electron chi connectivity index (χ0n) is 12.0. The van der Waals surface area contributed by atoms with Crippen molar-refractivity contribution >= 4 is 17.8 Å². The van der Waals surface area contributed by atoms with Crippen molar-refractivity contribution in [2.24, 2.45) is 5.73 Å². The average Bonchev–Trinajstić information content (AvgIpc) is 2.53.